The summed E-state index contributed by atoms with van der Waals surface area (Å²) in [4.78, 5) is 25.9. The predicted octanol–water partition coefficient (Wildman–Crippen LogP) is 2.43. The number of nitrogens with one attached hydrogen (secondary N) is 1. The second-order valence-electron chi connectivity index (χ2n) is 3.63. The van der Waals surface area contributed by atoms with E-state index in [4.69, 9.17) is 0 Å². The van der Waals surface area contributed by atoms with Crippen LogP contribution in [0, 0.1) is 10.1 Å². The lowest BCUT2D eigenvalue weighted by Crippen LogP contribution is -2.24. The lowest BCUT2D eigenvalue weighted by molar-refractivity contribution is -0.384. The highest BCUT2D eigenvalue weighted by Crippen LogP contribution is 2.31. The number of amides is 1. The molecule has 2 rings (SSSR count). The Morgan fingerprint density at radius 1 is 1.58 bits per heavy atom. The molecule has 6 nitrogen and oxygen atoms in total. The number of aromatic nitrogens is 1. The van der Waals surface area contributed by atoms with E-state index in [1.807, 2.05) is 6.92 Å². The fourth-order valence-corrected chi connectivity index (χ4v) is 3.37. The first kappa shape index (κ1) is 13.8. The van der Waals surface area contributed by atoms with Gasteiger partial charge in [-0.3, -0.25) is 14.9 Å². The van der Waals surface area contributed by atoms with Crippen LogP contribution in [0.1, 0.15) is 6.92 Å². The van der Waals surface area contributed by atoms with Crippen molar-refractivity contribution in [3.8, 4) is 0 Å². The van der Waals surface area contributed by atoms with E-state index in [0.717, 1.165) is 9.04 Å². The van der Waals surface area contributed by atoms with Crippen LogP contribution in [0.5, 0.6) is 0 Å². The number of carbonyl (C=O) groups is 1. The number of thiazole rings is 1. The summed E-state index contributed by atoms with van der Waals surface area (Å²) in [6.07, 6.45) is 0. The Hall–Kier alpha value is -1.67. The molecule has 0 bridgehead atoms. The molecule has 1 N–H and O–H groups in total. The summed E-state index contributed by atoms with van der Waals surface area (Å²) < 4.78 is 1.49. The SMILES string of the molecule is CCNC(=O)CSc1nc2ccc([N+](=O)[O-])cc2s1. The minimum absolute atomic E-state index is 0.0438. The van der Waals surface area contributed by atoms with Crippen LogP contribution in [0.4, 0.5) is 5.69 Å². The van der Waals surface area contributed by atoms with Crippen LogP contribution >= 0.6 is 23.1 Å². The molecule has 0 aliphatic rings. The quantitative estimate of drug-likeness (QED) is 0.520. The lowest BCUT2D eigenvalue weighted by Gasteiger charge is -1.98. The molecule has 1 heterocycles. The molecule has 0 spiro atoms. The second kappa shape index (κ2) is 5.98. The average Bonchev–Trinajstić information content (AvgIpc) is 2.78. The molecule has 19 heavy (non-hydrogen) atoms. The Bertz CT molecular complexity index is 627. The third kappa shape index (κ3) is 3.42. The summed E-state index contributed by atoms with van der Waals surface area (Å²) in [7, 11) is 0. The zero-order valence-corrected chi connectivity index (χ0v) is 11.7. The highest BCUT2D eigenvalue weighted by Gasteiger charge is 2.11. The first-order valence-electron chi connectivity index (χ1n) is 5.54. The number of nitro groups is 1. The highest BCUT2D eigenvalue weighted by molar-refractivity contribution is 8.01. The molecule has 0 aliphatic heterocycles. The summed E-state index contributed by atoms with van der Waals surface area (Å²) in [5, 5.41) is 13.4. The van der Waals surface area contributed by atoms with Crippen molar-refractivity contribution in [1.29, 1.82) is 0 Å². The van der Waals surface area contributed by atoms with Crippen LogP contribution in [0.2, 0.25) is 0 Å². The highest BCUT2D eigenvalue weighted by atomic mass is 32.2. The van der Waals surface area contributed by atoms with Gasteiger partial charge in [-0.05, 0) is 13.0 Å². The monoisotopic (exact) mass is 297 g/mol. The molecule has 8 heteroatoms. The van der Waals surface area contributed by atoms with Crippen LogP contribution in [-0.2, 0) is 4.79 Å². The topological polar surface area (TPSA) is 85.1 Å². The maximum atomic E-state index is 11.3. The largest absolute Gasteiger partial charge is 0.356 e. The molecule has 0 atom stereocenters. The number of nitro benzene ring substituents is 1. The standard InChI is InChI=1S/C11H11N3O3S2/c1-2-12-10(15)6-18-11-13-8-4-3-7(14(16)17)5-9(8)19-11/h3-5H,2,6H2,1H3,(H,12,15). The van der Waals surface area contributed by atoms with E-state index in [2.05, 4.69) is 10.3 Å². The fourth-order valence-electron chi connectivity index (χ4n) is 1.44. The van der Waals surface area contributed by atoms with Crippen LogP contribution < -0.4 is 5.32 Å². The normalized spacial score (nSPS) is 10.6. The van der Waals surface area contributed by atoms with Gasteiger partial charge in [0.05, 0.1) is 20.9 Å². The van der Waals surface area contributed by atoms with E-state index < -0.39 is 4.92 Å². The molecule has 0 radical (unpaired) electrons. The van der Waals surface area contributed by atoms with Crippen LogP contribution in [-0.4, -0.2) is 28.1 Å². The summed E-state index contributed by atoms with van der Waals surface area (Å²) in [5.41, 5.74) is 0.769. The zero-order chi connectivity index (χ0) is 13.8. The second-order valence-corrected chi connectivity index (χ2v) is 5.88. The lowest BCUT2D eigenvalue weighted by atomic mass is 10.3. The van der Waals surface area contributed by atoms with Crippen molar-refractivity contribution in [2.75, 3.05) is 12.3 Å². The Balaban J connectivity index is 2.13. The van der Waals surface area contributed by atoms with Crippen molar-refractivity contribution in [2.45, 2.75) is 11.3 Å². The van der Waals surface area contributed by atoms with E-state index >= 15 is 0 Å². The van der Waals surface area contributed by atoms with E-state index in [-0.39, 0.29) is 11.6 Å². The van der Waals surface area contributed by atoms with Crippen molar-refractivity contribution in [3.05, 3.63) is 28.3 Å². The molecule has 0 saturated carbocycles. The Kier molecular flexibility index (Phi) is 4.33. The number of thioether (sulfide) groups is 1. The Morgan fingerprint density at radius 2 is 2.37 bits per heavy atom. The predicted molar refractivity (Wildman–Crippen MR) is 75.7 cm³/mol. The number of benzene rings is 1. The van der Waals surface area contributed by atoms with Gasteiger partial charge < -0.3 is 5.32 Å². The first-order valence-corrected chi connectivity index (χ1v) is 7.35. The average molecular weight is 297 g/mol. The molecule has 1 amide bonds. The van der Waals surface area contributed by atoms with Crippen molar-refractivity contribution in [2.24, 2.45) is 0 Å². The van der Waals surface area contributed by atoms with Gasteiger partial charge in [0, 0.05) is 18.7 Å². The molecule has 0 aliphatic carbocycles. The van der Waals surface area contributed by atoms with Crippen LogP contribution in [0.25, 0.3) is 10.2 Å². The van der Waals surface area contributed by atoms with Crippen LogP contribution in [0.15, 0.2) is 22.5 Å². The number of hydrogen-bond donors (Lipinski definition) is 1. The maximum Gasteiger partial charge on any atom is 0.270 e. The van der Waals surface area contributed by atoms with E-state index in [1.165, 1.54) is 35.2 Å². The van der Waals surface area contributed by atoms with Gasteiger partial charge in [0.25, 0.3) is 5.69 Å². The van der Waals surface area contributed by atoms with Gasteiger partial charge in [0.2, 0.25) is 5.91 Å². The molecular formula is C11H11N3O3S2. The summed E-state index contributed by atoms with van der Waals surface area (Å²) in [6.45, 7) is 2.46. The molecule has 0 saturated heterocycles. The summed E-state index contributed by atoms with van der Waals surface area (Å²) >= 11 is 2.69. The van der Waals surface area contributed by atoms with Crippen molar-refractivity contribution in [3.63, 3.8) is 0 Å². The minimum atomic E-state index is -0.430. The molecule has 0 unspecified atom stereocenters. The van der Waals surface area contributed by atoms with E-state index in [1.54, 1.807) is 6.07 Å². The van der Waals surface area contributed by atoms with Crippen molar-refractivity contribution >= 4 is 44.9 Å². The summed E-state index contributed by atoms with van der Waals surface area (Å²) in [5.74, 6) is 0.258. The molecular weight excluding hydrogens is 286 g/mol. The Morgan fingerprint density at radius 3 is 3.05 bits per heavy atom. The van der Waals surface area contributed by atoms with E-state index in [9.17, 15) is 14.9 Å². The van der Waals surface area contributed by atoms with Gasteiger partial charge in [-0.1, -0.05) is 11.8 Å². The third-order valence-electron chi connectivity index (χ3n) is 2.26. The number of non-ortho nitro benzene ring substituents is 1. The van der Waals surface area contributed by atoms with Crippen molar-refractivity contribution in [1.82, 2.24) is 10.3 Å². The molecule has 1 aromatic carbocycles. The van der Waals surface area contributed by atoms with Gasteiger partial charge in [0.1, 0.15) is 0 Å². The van der Waals surface area contributed by atoms with Gasteiger partial charge in [-0.2, -0.15) is 0 Å². The smallest absolute Gasteiger partial charge is 0.270 e. The Labute approximate surface area is 117 Å². The summed E-state index contributed by atoms with van der Waals surface area (Å²) in [6, 6.07) is 4.56. The van der Waals surface area contributed by atoms with Gasteiger partial charge in [-0.15, -0.1) is 11.3 Å². The molecule has 1 aromatic heterocycles. The number of hydrogen-bond acceptors (Lipinski definition) is 6. The molecule has 0 fully saturated rings. The zero-order valence-electron chi connectivity index (χ0n) is 10.1. The number of rotatable bonds is 5. The number of nitrogens with zero attached hydrogens (tertiary/aromatic N) is 2. The maximum absolute atomic E-state index is 11.3. The van der Waals surface area contributed by atoms with Crippen molar-refractivity contribution < 1.29 is 9.72 Å². The van der Waals surface area contributed by atoms with Gasteiger partial charge in [0.15, 0.2) is 4.34 Å². The van der Waals surface area contributed by atoms with Crippen LogP contribution in [0.3, 0.4) is 0 Å². The molecule has 2 aromatic rings. The molecule has 100 valence electrons. The van der Waals surface area contributed by atoms with Gasteiger partial charge >= 0.3 is 0 Å². The van der Waals surface area contributed by atoms with E-state index in [0.29, 0.717) is 17.8 Å². The third-order valence-corrected chi connectivity index (χ3v) is 4.43. The number of carbonyl (C=O) groups excluding carboxylic acids is 1. The minimum Gasteiger partial charge on any atom is -0.356 e. The number of fused-ring (bicyclic) bond motifs is 1. The first-order chi connectivity index (χ1) is 9.10. The van der Waals surface area contributed by atoms with Gasteiger partial charge in [-0.25, -0.2) is 4.98 Å². The fraction of sp³-hybridized carbons (Fsp3) is 0.273.